The molecule has 1 heterocycles. The van der Waals surface area contributed by atoms with Gasteiger partial charge in [-0.05, 0) is 11.5 Å². The molecule has 1 nitrogen and oxygen atoms in total. The quantitative estimate of drug-likeness (QED) is 0.671. The molecule has 0 saturated heterocycles. The maximum absolute atomic E-state index is 12.4. The van der Waals surface area contributed by atoms with Crippen molar-refractivity contribution in [3.63, 3.8) is 0 Å². The van der Waals surface area contributed by atoms with Crippen LogP contribution < -0.4 is 0 Å². The van der Waals surface area contributed by atoms with Crippen molar-refractivity contribution in [3.05, 3.63) is 36.0 Å². The molecule has 0 aliphatic carbocycles. The maximum atomic E-state index is 12.4. The summed E-state index contributed by atoms with van der Waals surface area (Å²) in [6.45, 7) is 0. The van der Waals surface area contributed by atoms with Crippen LogP contribution in [-0.2, 0) is 0 Å². The van der Waals surface area contributed by atoms with Crippen molar-refractivity contribution < 1.29 is 8.78 Å². The van der Waals surface area contributed by atoms with Gasteiger partial charge < -0.3 is 4.98 Å². The fourth-order valence-electron chi connectivity index (χ4n) is 1.29. The number of hydrogen-bond donors (Lipinski definition) is 1. The van der Waals surface area contributed by atoms with Crippen molar-refractivity contribution in [2.24, 2.45) is 0 Å². The van der Waals surface area contributed by atoms with E-state index in [1.54, 1.807) is 24.4 Å². The van der Waals surface area contributed by atoms with E-state index in [-0.39, 0.29) is 5.56 Å². The van der Waals surface area contributed by atoms with E-state index < -0.39 is 6.43 Å². The van der Waals surface area contributed by atoms with E-state index >= 15 is 0 Å². The molecule has 1 N–H and O–H groups in total. The fraction of sp³-hybridized carbons (Fsp3) is 0.111. The number of halogens is 2. The van der Waals surface area contributed by atoms with Crippen molar-refractivity contribution in [1.82, 2.24) is 4.98 Å². The second kappa shape index (κ2) is 2.59. The van der Waals surface area contributed by atoms with E-state index in [1.165, 1.54) is 6.07 Å². The monoisotopic (exact) mass is 167 g/mol. The summed E-state index contributed by atoms with van der Waals surface area (Å²) in [5.74, 6) is 0. The first-order valence-electron chi connectivity index (χ1n) is 3.63. The Hall–Kier alpha value is -1.38. The number of H-pyrrole nitrogens is 1. The molecule has 0 fully saturated rings. The number of hydrogen-bond acceptors (Lipinski definition) is 0. The van der Waals surface area contributed by atoms with Gasteiger partial charge in [-0.15, -0.1) is 0 Å². The number of nitrogens with one attached hydrogen (secondary N) is 1. The van der Waals surface area contributed by atoms with Gasteiger partial charge in [-0.1, -0.05) is 18.2 Å². The molecule has 3 heteroatoms. The fourth-order valence-corrected chi connectivity index (χ4v) is 1.29. The van der Waals surface area contributed by atoms with Crippen LogP contribution in [0.3, 0.4) is 0 Å². The molecule has 2 aromatic rings. The van der Waals surface area contributed by atoms with Gasteiger partial charge in [0.15, 0.2) is 0 Å². The second-order valence-electron chi connectivity index (χ2n) is 2.59. The van der Waals surface area contributed by atoms with Crippen molar-refractivity contribution >= 4 is 10.9 Å². The highest BCUT2D eigenvalue weighted by Gasteiger charge is 2.10. The lowest BCUT2D eigenvalue weighted by atomic mass is 10.1. The van der Waals surface area contributed by atoms with Crippen LogP contribution in [0.2, 0.25) is 0 Å². The maximum Gasteiger partial charge on any atom is 0.265 e. The first-order chi connectivity index (χ1) is 5.79. The Balaban J connectivity index is 2.73. The number of fused-ring (bicyclic) bond motifs is 1. The molecule has 0 atom stereocenters. The van der Waals surface area contributed by atoms with Crippen molar-refractivity contribution in [3.8, 4) is 0 Å². The standard InChI is InChI=1S/C9H7F2N/c10-9(11)7-3-1-2-6-4-5-12-8(6)7/h1-5,9,12H. The minimum absolute atomic E-state index is 0.0671. The van der Waals surface area contributed by atoms with Crippen molar-refractivity contribution in [2.45, 2.75) is 6.43 Å². The molecule has 0 aliphatic rings. The molecule has 0 saturated carbocycles. The highest BCUT2D eigenvalue weighted by molar-refractivity contribution is 5.82. The Morgan fingerprint density at radius 3 is 2.75 bits per heavy atom. The molecule has 0 spiro atoms. The van der Waals surface area contributed by atoms with E-state index in [2.05, 4.69) is 4.98 Å². The first kappa shape index (κ1) is 7.28. The van der Waals surface area contributed by atoms with Gasteiger partial charge in [-0.3, -0.25) is 0 Å². The van der Waals surface area contributed by atoms with Gasteiger partial charge in [0.2, 0.25) is 0 Å². The van der Waals surface area contributed by atoms with Gasteiger partial charge in [0.05, 0.1) is 5.52 Å². The van der Waals surface area contributed by atoms with Crippen LogP contribution in [0.5, 0.6) is 0 Å². The lowest BCUT2D eigenvalue weighted by Gasteiger charge is -1.99. The molecule has 12 heavy (non-hydrogen) atoms. The van der Waals surface area contributed by atoms with E-state index in [0.717, 1.165) is 5.39 Å². The smallest absolute Gasteiger partial charge is 0.265 e. The third-order valence-corrected chi connectivity index (χ3v) is 1.85. The Labute approximate surface area is 68.0 Å². The number of aromatic nitrogens is 1. The van der Waals surface area contributed by atoms with Crippen LogP contribution >= 0.6 is 0 Å². The van der Waals surface area contributed by atoms with Gasteiger partial charge in [-0.25, -0.2) is 8.78 Å². The highest BCUT2D eigenvalue weighted by atomic mass is 19.3. The molecule has 1 aromatic heterocycles. The summed E-state index contributed by atoms with van der Waals surface area (Å²) in [6, 6.07) is 6.65. The van der Waals surface area contributed by atoms with Crippen molar-refractivity contribution in [1.29, 1.82) is 0 Å². The Morgan fingerprint density at radius 1 is 1.17 bits per heavy atom. The van der Waals surface area contributed by atoms with Gasteiger partial charge in [0.1, 0.15) is 0 Å². The summed E-state index contributed by atoms with van der Waals surface area (Å²) in [5.41, 5.74) is 0.602. The average molecular weight is 167 g/mol. The molecule has 0 amide bonds. The SMILES string of the molecule is FC(F)c1cccc2cc[nH]c12. The van der Waals surface area contributed by atoms with Gasteiger partial charge in [0, 0.05) is 11.8 Å². The molecule has 62 valence electrons. The van der Waals surface area contributed by atoms with Crippen LogP contribution in [0.15, 0.2) is 30.5 Å². The summed E-state index contributed by atoms with van der Waals surface area (Å²) in [6.07, 6.45) is -0.747. The summed E-state index contributed by atoms with van der Waals surface area (Å²) in [5, 5.41) is 0.827. The summed E-state index contributed by atoms with van der Waals surface area (Å²) >= 11 is 0. The van der Waals surface area contributed by atoms with Gasteiger partial charge in [0.25, 0.3) is 6.43 Å². The number of alkyl halides is 2. The molecule has 0 radical (unpaired) electrons. The molecule has 1 aromatic carbocycles. The van der Waals surface area contributed by atoms with E-state index in [1.807, 2.05) is 0 Å². The van der Waals surface area contributed by atoms with Gasteiger partial charge >= 0.3 is 0 Å². The number of rotatable bonds is 1. The Bertz CT molecular complexity index is 392. The minimum Gasteiger partial charge on any atom is -0.361 e. The number of para-hydroxylation sites is 1. The lowest BCUT2D eigenvalue weighted by Crippen LogP contribution is -1.84. The lowest BCUT2D eigenvalue weighted by molar-refractivity contribution is 0.153. The predicted octanol–water partition coefficient (Wildman–Crippen LogP) is 3.11. The normalized spacial score (nSPS) is 11.2. The minimum atomic E-state index is -2.41. The van der Waals surface area contributed by atoms with Crippen LogP contribution in [-0.4, -0.2) is 4.98 Å². The summed E-state index contributed by atoms with van der Waals surface area (Å²) < 4.78 is 24.7. The zero-order valence-corrected chi connectivity index (χ0v) is 6.22. The van der Waals surface area contributed by atoms with Crippen molar-refractivity contribution in [2.75, 3.05) is 0 Å². The molecular weight excluding hydrogens is 160 g/mol. The molecule has 0 bridgehead atoms. The van der Waals surface area contributed by atoms with Gasteiger partial charge in [-0.2, -0.15) is 0 Å². The number of aromatic amines is 1. The molecule has 0 unspecified atom stereocenters. The van der Waals surface area contributed by atoms with E-state index in [4.69, 9.17) is 0 Å². The van der Waals surface area contributed by atoms with Crippen LogP contribution in [0.25, 0.3) is 10.9 Å². The first-order valence-corrected chi connectivity index (χ1v) is 3.63. The van der Waals surface area contributed by atoms with E-state index in [0.29, 0.717) is 5.52 Å². The summed E-state index contributed by atoms with van der Waals surface area (Å²) in [7, 11) is 0. The average Bonchev–Trinajstić information content (AvgIpc) is 2.49. The second-order valence-corrected chi connectivity index (χ2v) is 2.59. The summed E-state index contributed by atoms with van der Waals surface area (Å²) in [4.78, 5) is 2.79. The Morgan fingerprint density at radius 2 is 2.00 bits per heavy atom. The molecule has 2 rings (SSSR count). The molecule has 0 aliphatic heterocycles. The number of benzene rings is 1. The Kier molecular flexibility index (Phi) is 1.57. The highest BCUT2D eigenvalue weighted by Crippen LogP contribution is 2.25. The van der Waals surface area contributed by atoms with Crippen LogP contribution in [0, 0.1) is 0 Å². The molecular formula is C9H7F2N. The van der Waals surface area contributed by atoms with Crippen LogP contribution in [0.1, 0.15) is 12.0 Å². The third kappa shape index (κ3) is 0.978. The third-order valence-electron chi connectivity index (χ3n) is 1.85. The zero-order valence-electron chi connectivity index (χ0n) is 6.22. The zero-order chi connectivity index (χ0) is 8.55. The topological polar surface area (TPSA) is 15.8 Å². The van der Waals surface area contributed by atoms with E-state index in [9.17, 15) is 8.78 Å². The predicted molar refractivity (Wildman–Crippen MR) is 43.3 cm³/mol. The largest absolute Gasteiger partial charge is 0.361 e. The van der Waals surface area contributed by atoms with Crippen LogP contribution in [0.4, 0.5) is 8.78 Å².